The number of methoxy groups -OCH3 is 2. The predicted octanol–water partition coefficient (Wildman–Crippen LogP) is 0.298. The number of carbonyl (C=O) groups excluding carboxylic acids is 2. The van der Waals surface area contributed by atoms with Gasteiger partial charge in [-0.2, -0.15) is 0 Å². The molecule has 0 spiro atoms. The summed E-state index contributed by atoms with van der Waals surface area (Å²) in [6, 6.07) is 5.13. The van der Waals surface area contributed by atoms with Crippen LogP contribution in [0.2, 0.25) is 0 Å². The Morgan fingerprint density at radius 3 is 2.50 bits per heavy atom. The van der Waals surface area contributed by atoms with E-state index in [1.54, 1.807) is 38.3 Å². The molecule has 0 aromatic heterocycles. The largest absolute Gasteiger partial charge is 0.497 e. The lowest BCUT2D eigenvalue weighted by atomic mass is 10.1. The van der Waals surface area contributed by atoms with Crippen LogP contribution in [-0.2, 0) is 9.59 Å². The number of ether oxygens (including phenoxy) is 2. The maximum absolute atomic E-state index is 12.0. The molecule has 7 nitrogen and oxygen atoms in total. The standard InChI is InChI=1S/C15H23N3O4/c1-10(17-15(20)9-18(2)8-14(16)19)12-7-11(21-3)5-6-13(12)22-4/h5-7,10H,8-9H2,1-4H3,(H2,16,19)(H,17,20). The molecular weight excluding hydrogens is 286 g/mol. The van der Waals surface area contributed by atoms with Crippen molar-refractivity contribution in [2.45, 2.75) is 13.0 Å². The molecule has 1 rings (SSSR count). The van der Waals surface area contributed by atoms with Crippen LogP contribution in [0.4, 0.5) is 0 Å². The summed E-state index contributed by atoms with van der Waals surface area (Å²) in [6.45, 7) is 1.97. The molecule has 1 atom stereocenters. The van der Waals surface area contributed by atoms with Crippen molar-refractivity contribution < 1.29 is 19.1 Å². The van der Waals surface area contributed by atoms with Gasteiger partial charge in [-0.1, -0.05) is 0 Å². The number of nitrogens with one attached hydrogen (secondary N) is 1. The topological polar surface area (TPSA) is 93.9 Å². The first kappa shape index (κ1) is 17.8. The number of primary amides is 1. The third-order valence-electron chi connectivity index (χ3n) is 3.12. The van der Waals surface area contributed by atoms with Crippen LogP contribution in [0.1, 0.15) is 18.5 Å². The van der Waals surface area contributed by atoms with E-state index in [2.05, 4.69) is 5.32 Å². The van der Waals surface area contributed by atoms with E-state index in [0.29, 0.717) is 11.5 Å². The first-order chi connectivity index (χ1) is 10.4. The fourth-order valence-corrected chi connectivity index (χ4v) is 2.11. The van der Waals surface area contributed by atoms with Gasteiger partial charge in [-0.25, -0.2) is 0 Å². The third kappa shape index (κ3) is 5.25. The minimum atomic E-state index is -0.474. The summed E-state index contributed by atoms with van der Waals surface area (Å²) in [6.07, 6.45) is 0. The minimum Gasteiger partial charge on any atom is -0.497 e. The summed E-state index contributed by atoms with van der Waals surface area (Å²) < 4.78 is 10.5. The average Bonchev–Trinajstić information content (AvgIpc) is 2.45. The molecule has 1 unspecified atom stereocenters. The van der Waals surface area contributed by atoms with Crippen LogP contribution >= 0.6 is 0 Å². The third-order valence-corrected chi connectivity index (χ3v) is 3.12. The van der Waals surface area contributed by atoms with Crippen LogP contribution in [0.3, 0.4) is 0 Å². The maximum atomic E-state index is 12.0. The van der Waals surface area contributed by atoms with Gasteiger partial charge in [0.2, 0.25) is 11.8 Å². The molecule has 3 N–H and O–H groups in total. The Hall–Kier alpha value is -2.28. The molecule has 122 valence electrons. The Bertz CT molecular complexity index is 534. The van der Waals surface area contributed by atoms with E-state index < -0.39 is 5.91 Å². The number of nitrogens with zero attached hydrogens (tertiary/aromatic N) is 1. The molecule has 0 saturated heterocycles. The number of benzene rings is 1. The molecule has 0 aliphatic carbocycles. The lowest BCUT2D eigenvalue weighted by Crippen LogP contribution is -2.40. The smallest absolute Gasteiger partial charge is 0.234 e. The van der Waals surface area contributed by atoms with Gasteiger partial charge in [-0.15, -0.1) is 0 Å². The highest BCUT2D eigenvalue weighted by Gasteiger charge is 2.16. The SMILES string of the molecule is COc1ccc(OC)c(C(C)NC(=O)CN(C)CC(N)=O)c1. The quantitative estimate of drug-likeness (QED) is 0.720. The molecule has 0 heterocycles. The number of likely N-dealkylation sites (N-methyl/N-ethyl adjacent to an activating group) is 1. The number of hydrogen-bond donors (Lipinski definition) is 2. The van der Waals surface area contributed by atoms with Crippen molar-refractivity contribution in [3.63, 3.8) is 0 Å². The zero-order valence-corrected chi connectivity index (χ0v) is 13.4. The Labute approximate surface area is 130 Å². The second-order valence-electron chi connectivity index (χ2n) is 5.04. The number of carbonyl (C=O) groups is 2. The molecular formula is C15H23N3O4. The molecule has 2 amide bonds. The molecule has 1 aromatic carbocycles. The predicted molar refractivity (Wildman–Crippen MR) is 82.8 cm³/mol. The van der Waals surface area contributed by atoms with Gasteiger partial charge in [0, 0.05) is 5.56 Å². The number of nitrogens with two attached hydrogens (primary N) is 1. The van der Waals surface area contributed by atoms with Crippen LogP contribution < -0.4 is 20.5 Å². The molecule has 0 saturated carbocycles. The summed E-state index contributed by atoms with van der Waals surface area (Å²) in [5.74, 6) is 0.667. The van der Waals surface area contributed by atoms with Gasteiger partial charge in [-0.3, -0.25) is 14.5 Å². The Kier molecular flexibility index (Phi) is 6.65. The number of hydrogen-bond acceptors (Lipinski definition) is 5. The van der Waals surface area contributed by atoms with Gasteiger partial charge in [-0.05, 0) is 32.2 Å². The molecule has 1 aromatic rings. The maximum Gasteiger partial charge on any atom is 0.234 e. The van der Waals surface area contributed by atoms with E-state index in [1.165, 1.54) is 0 Å². The van der Waals surface area contributed by atoms with Crippen molar-refractivity contribution in [3.05, 3.63) is 23.8 Å². The van der Waals surface area contributed by atoms with E-state index in [9.17, 15) is 9.59 Å². The van der Waals surface area contributed by atoms with Crippen molar-refractivity contribution >= 4 is 11.8 Å². The molecule has 0 bridgehead atoms. The average molecular weight is 309 g/mol. The van der Waals surface area contributed by atoms with E-state index >= 15 is 0 Å². The lowest BCUT2D eigenvalue weighted by Gasteiger charge is -2.20. The van der Waals surface area contributed by atoms with Gasteiger partial charge in [0.15, 0.2) is 0 Å². The second-order valence-corrected chi connectivity index (χ2v) is 5.04. The van der Waals surface area contributed by atoms with E-state index in [0.717, 1.165) is 5.56 Å². The summed E-state index contributed by atoms with van der Waals surface area (Å²) in [7, 11) is 4.80. The highest BCUT2D eigenvalue weighted by Crippen LogP contribution is 2.29. The molecule has 0 aliphatic rings. The van der Waals surface area contributed by atoms with Crippen LogP contribution in [0, 0.1) is 0 Å². The van der Waals surface area contributed by atoms with Crippen molar-refractivity contribution in [1.29, 1.82) is 0 Å². The molecule has 22 heavy (non-hydrogen) atoms. The monoisotopic (exact) mass is 309 g/mol. The zero-order chi connectivity index (χ0) is 16.7. The first-order valence-electron chi connectivity index (χ1n) is 6.85. The van der Waals surface area contributed by atoms with Crippen LogP contribution in [0.25, 0.3) is 0 Å². The van der Waals surface area contributed by atoms with Gasteiger partial charge >= 0.3 is 0 Å². The van der Waals surface area contributed by atoms with Crippen molar-refractivity contribution in [2.75, 3.05) is 34.4 Å². The van der Waals surface area contributed by atoms with Crippen LogP contribution in [0.15, 0.2) is 18.2 Å². The molecule has 7 heteroatoms. The van der Waals surface area contributed by atoms with Crippen molar-refractivity contribution in [2.24, 2.45) is 5.73 Å². The fourth-order valence-electron chi connectivity index (χ4n) is 2.11. The number of amides is 2. The zero-order valence-electron chi connectivity index (χ0n) is 13.4. The Morgan fingerprint density at radius 1 is 1.27 bits per heavy atom. The lowest BCUT2D eigenvalue weighted by molar-refractivity contribution is -0.123. The van der Waals surface area contributed by atoms with Crippen molar-refractivity contribution in [3.8, 4) is 11.5 Å². The minimum absolute atomic E-state index is 0.0320. The van der Waals surface area contributed by atoms with E-state index in [-0.39, 0.29) is 25.0 Å². The highest BCUT2D eigenvalue weighted by atomic mass is 16.5. The van der Waals surface area contributed by atoms with Gasteiger partial charge < -0.3 is 20.5 Å². The van der Waals surface area contributed by atoms with Gasteiger partial charge in [0.1, 0.15) is 11.5 Å². The fraction of sp³-hybridized carbons (Fsp3) is 0.467. The number of rotatable bonds is 8. The molecule has 0 aliphatic heterocycles. The summed E-state index contributed by atoms with van der Waals surface area (Å²) >= 11 is 0. The molecule has 0 fully saturated rings. The van der Waals surface area contributed by atoms with E-state index in [1.807, 2.05) is 13.0 Å². The van der Waals surface area contributed by atoms with Gasteiger partial charge in [0.25, 0.3) is 0 Å². The summed E-state index contributed by atoms with van der Waals surface area (Å²) in [5.41, 5.74) is 5.90. The van der Waals surface area contributed by atoms with Gasteiger partial charge in [0.05, 0.1) is 33.4 Å². The van der Waals surface area contributed by atoms with Crippen LogP contribution in [0.5, 0.6) is 11.5 Å². The normalized spacial score (nSPS) is 11.9. The van der Waals surface area contributed by atoms with Crippen molar-refractivity contribution in [1.82, 2.24) is 10.2 Å². The van der Waals surface area contributed by atoms with E-state index in [4.69, 9.17) is 15.2 Å². The summed E-state index contributed by atoms with van der Waals surface area (Å²) in [4.78, 5) is 24.4. The summed E-state index contributed by atoms with van der Waals surface area (Å²) in [5, 5.41) is 2.86. The highest BCUT2D eigenvalue weighted by molar-refractivity contribution is 5.80. The first-order valence-corrected chi connectivity index (χ1v) is 6.85. The molecule has 0 radical (unpaired) electrons. The Morgan fingerprint density at radius 2 is 1.95 bits per heavy atom. The Balaban J connectivity index is 2.73. The second kappa shape index (κ2) is 8.23. The van der Waals surface area contributed by atoms with Crippen LogP contribution in [-0.4, -0.2) is 51.1 Å².